The van der Waals surface area contributed by atoms with Crippen LogP contribution in [0, 0.1) is 12.7 Å². The van der Waals surface area contributed by atoms with Crippen LogP contribution in [0.25, 0.3) is 0 Å². The van der Waals surface area contributed by atoms with Gasteiger partial charge < -0.3 is 0 Å². The summed E-state index contributed by atoms with van der Waals surface area (Å²) in [5.41, 5.74) is 4.41. The Morgan fingerprint density at radius 1 is 1.22 bits per heavy atom. The van der Waals surface area contributed by atoms with Crippen LogP contribution >= 0.6 is 23.2 Å². The lowest BCUT2D eigenvalue weighted by atomic mass is 10.2. The maximum atomic E-state index is 13.6. The quantitative estimate of drug-likeness (QED) is 0.504. The van der Waals surface area contributed by atoms with Gasteiger partial charge in [0.1, 0.15) is 11.0 Å². The van der Waals surface area contributed by atoms with Crippen LogP contribution in [-0.4, -0.2) is 21.9 Å². The van der Waals surface area contributed by atoms with Crippen molar-refractivity contribution < 1.29 is 9.18 Å². The molecule has 0 aliphatic rings. The number of carbonyl (C=O) groups is 1. The normalized spacial score (nSPS) is 11.1. The van der Waals surface area contributed by atoms with E-state index in [0.717, 1.165) is 5.56 Å². The van der Waals surface area contributed by atoms with Crippen molar-refractivity contribution in [2.45, 2.75) is 13.5 Å². The van der Waals surface area contributed by atoms with Crippen molar-refractivity contribution in [1.82, 2.24) is 15.2 Å². The molecule has 8 heteroatoms. The lowest BCUT2D eigenvalue weighted by molar-refractivity contribution is 0.0951. The summed E-state index contributed by atoms with van der Waals surface area (Å²) in [6, 6.07) is 13.0. The minimum Gasteiger partial charge on any atom is -0.267 e. The van der Waals surface area contributed by atoms with Crippen LogP contribution in [0.5, 0.6) is 0 Å². The number of hydrogen-bond acceptors (Lipinski definition) is 3. The van der Waals surface area contributed by atoms with Crippen molar-refractivity contribution in [3.8, 4) is 0 Å². The van der Waals surface area contributed by atoms with Crippen molar-refractivity contribution in [2.75, 3.05) is 0 Å². The average Bonchev–Trinajstić information content (AvgIpc) is 2.91. The number of amides is 1. The third-order valence-corrected chi connectivity index (χ3v) is 4.48. The first-order valence-corrected chi connectivity index (χ1v) is 8.76. The fraction of sp³-hybridized carbons (Fsp3) is 0.105. The number of benzene rings is 2. The van der Waals surface area contributed by atoms with E-state index in [0.29, 0.717) is 28.0 Å². The number of aromatic nitrogens is 2. The smallest absolute Gasteiger partial charge is 0.267 e. The predicted molar refractivity (Wildman–Crippen MR) is 104 cm³/mol. The van der Waals surface area contributed by atoms with Crippen LogP contribution in [-0.2, 0) is 6.54 Å². The van der Waals surface area contributed by atoms with Crippen molar-refractivity contribution >= 4 is 35.3 Å². The van der Waals surface area contributed by atoms with E-state index in [1.54, 1.807) is 29.8 Å². The number of nitrogens with one attached hydrogen (secondary N) is 1. The minimum absolute atomic E-state index is 0.0871. The second kappa shape index (κ2) is 8.33. The number of aryl methyl sites for hydroxylation is 1. The third-order valence-electron chi connectivity index (χ3n) is 3.83. The van der Waals surface area contributed by atoms with E-state index in [-0.39, 0.29) is 5.56 Å². The van der Waals surface area contributed by atoms with E-state index in [2.05, 4.69) is 15.6 Å². The van der Waals surface area contributed by atoms with Gasteiger partial charge in [0.2, 0.25) is 0 Å². The van der Waals surface area contributed by atoms with Crippen molar-refractivity contribution in [2.24, 2.45) is 5.10 Å². The van der Waals surface area contributed by atoms with E-state index in [4.69, 9.17) is 23.2 Å². The standard InChI is InChI=1S/C19H15Cl2FN4O/c1-12-16(10-23-24-19(27)15-4-2-3-5-17(15)22)18(21)26(25-12)11-13-6-8-14(20)9-7-13/h2-10H,11H2,1H3,(H,24,27)/b23-10-. The summed E-state index contributed by atoms with van der Waals surface area (Å²) in [7, 11) is 0. The summed E-state index contributed by atoms with van der Waals surface area (Å²) in [5.74, 6) is -1.26. The van der Waals surface area contributed by atoms with Gasteiger partial charge in [-0.2, -0.15) is 10.2 Å². The van der Waals surface area contributed by atoms with Gasteiger partial charge in [-0.05, 0) is 36.8 Å². The third kappa shape index (κ3) is 4.53. The van der Waals surface area contributed by atoms with Crippen LogP contribution in [0.2, 0.25) is 10.2 Å². The van der Waals surface area contributed by atoms with E-state index in [1.165, 1.54) is 24.4 Å². The maximum absolute atomic E-state index is 13.6. The maximum Gasteiger partial charge on any atom is 0.274 e. The zero-order chi connectivity index (χ0) is 19.4. The zero-order valence-electron chi connectivity index (χ0n) is 14.3. The highest BCUT2D eigenvalue weighted by molar-refractivity contribution is 6.32. The molecule has 0 aliphatic heterocycles. The Balaban J connectivity index is 1.72. The van der Waals surface area contributed by atoms with Gasteiger partial charge in [0, 0.05) is 5.02 Å². The molecule has 138 valence electrons. The Kier molecular flexibility index (Phi) is 5.88. The second-order valence-electron chi connectivity index (χ2n) is 5.75. The Bertz CT molecular complexity index is 999. The number of hydrogen-bond donors (Lipinski definition) is 1. The van der Waals surface area contributed by atoms with Gasteiger partial charge in [0.25, 0.3) is 5.91 Å². The molecule has 1 amide bonds. The Morgan fingerprint density at radius 2 is 1.93 bits per heavy atom. The van der Waals surface area contributed by atoms with Crippen LogP contribution < -0.4 is 5.43 Å². The van der Waals surface area contributed by atoms with Crippen LogP contribution in [0.1, 0.15) is 27.2 Å². The molecule has 1 N–H and O–H groups in total. The van der Waals surface area contributed by atoms with Crippen molar-refractivity contribution in [1.29, 1.82) is 0 Å². The number of carbonyl (C=O) groups excluding carboxylic acids is 1. The molecule has 1 heterocycles. The second-order valence-corrected chi connectivity index (χ2v) is 6.55. The first kappa shape index (κ1) is 19.1. The molecule has 3 rings (SSSR count). The van der Waals surface area contributed by atoms with E-state index >= 15 is 0 Å². The molecule has 0 radical (unpaired) electrons. The van der Waals surface area contributed by atoms with Crippen LogP contribution in [0.4, 0.5) is 4.39 Å². The first-order chi connectivity index (χ1) is 13.0. The van der Waals surface area contributed by atoms with Gasteiger partial charge in [-0.25, -0.2) is 14.5 Å². The van der Waals surface area contributed by atoms with E-state index in [9.17, 15) is 9.18 Å². The van der Waals surface area contributed by atoms with Crippen LogP contribution in [0.15, 0.2) is 53.6 Å². The first-order valence-electron chi connectivity index (χ1n) is 8.01. The van der Waals surface area contributed by atoms with Gasteiger partial charge in [-0.1, -0.05) is 47.5 Å². The zero-order valence-corrected chi connectivity index (χ0v) is 15.8. The monoisotopic (exact) mass is 404 g/mol. The molecule has 2 aromatic carbocycles. The molecule has 1 aromatic heterocycles. The van der Waals surface area contributed by atoms with Gasteiger partial charge in [0.05, 0.1) is 29.6 Å². The number of nitrogens with zero attached hydrogens (tertiary/aromatic N) is 3. The summed E-state index contributed by atoms with van der Waals surface area (Å²) in [5, 5.41) is 9.29. The SMILES string of the molecule is Cc1nn(Cc2ccc(Cl)cc2)c(Cl)c1/C=N\NC(=O)c1ccccc1F. The molecule has 0 bridgehead atoms. The van der Waals surface area contributed by atoms with Gasteiger partial charge in [-0.15, -0.1) is 0 Å². The summed E-state index contributed by atoms with van der Waals surface area (Å²) >= 11 is 12.3. The summed E-state index contributed by atoms with van der Waals surface area (Å²) < 4.78 is 15.2. The fourth-order valence-electron chi connectivity index (χ4n) is 2.44. The topological polar surface area (TPSA) is 59.3 Å². The molecule has 0 atom stereocenters. The van der Waals surface area contributed by atoms with Gasteiger partial charge in [-0.3, -0.25) is 4.79 Å². The van der Waals surface area contributed by atoms with Crippen molar-refractivity contribution in [3.05, 3.63) is 86.9 Å². The number of hydrazone groups is 1. The molecule has 5 nitrogen and oxygen atoms in total. The molecule has 27 heavy (non-hydrogen) atoms. The Morgan fingerprint density at radius 3 is 2.63 bits per heavy atom. The molecule has 3 aromatic rings. The molecular formula is C19H15Cl2FN4O. The lowest BCUT2D eigenvalue weighted by Gasteiger charge is -2.04. The molecule has 0 aliphatic carbocycles. The van der Waals surface area contributed by atoms with Crippen LogP contribution in [0.3, 0.4) is 0 Å². The Labute approximate surface area is 165 Å². The number of rotatable bonds is 5. The van der Waals surface area contributed by atoms with Crippen molar-refractivity contribution in [3.63, 3.8) is 0 Å². The summed E-state index contributed by atoms with van der Waals surface area (Å²) in [6.07, 6.45) is 1.39. The fourth-order valence-corrected chi connectivity index (χ4v) is 2.85. The minimum atomic E-state index is -0.647. The van der Waals surface area contributed by atoms with E-state index < -0.39 is 11.7 Å². The molecule has 0 fully saturated rings. The Hall–Kier alpha value is -2.70. The molecule has 0 saturated carbocycles. The largest absolute Gasteiger partial charge is 0.274 e. The molecule has 0 saturated heterocycles. The summed E-state index contributed by atoms with van der Waals surface area (Å²) in [4.78, 5) is 12.0. The highest BCUT2D eigenvalue weighted by Gasteiger charge is 2.13. The number of halogens is 3. The van der Waals surface area contributed by atoms with Gasteiger partial charge in [0.15, 0.2) is 0 Å². The van der Waals surface area contributed by atoms with E-state index in [1.807, 2.05) is 12.1 Å². The highest BCUT2D eigenvalue weighted by atomic mass is 35.5. The summed E-state index contributed by atoms with van der Waals surface area (Å²) in [6.45, 7) is 2.25. The molecule has 0 spiro atoms. The highest BCUT2D eigenvalue weighted by Crippen LogP contribution is 2.20. The average molecular weight is 405 g/mol. The predicted octanol–water partition coefficient (Wildman–Crippen LogP) is 4.45. The molecule has 0 unspecified atom stereocenters. The lowest BCUT2D eigenvalue weighted by Crippen LogP contribution is -2.19. The van der Waals surface area contributed by atoms with Gasteiger partial charge >= 0.3 is 0 Å². The molecular weight excluding hydrogens is 390 g/mol.